The summed E-state index contributed by atoms with van der Waals surface area (Å²) in [7, 11) is 4.04. The molecule has 0 spiro atoms. The molecule has 0 radical (unpaired) electrons. The number of halogens is 1. The fourth-order valence-electron chi connectivity index (χ4n) is 2.43. The van der Waals surface area contributed by atoms with E-state index < -0.39 is 0 Å². The molecule has 2 rings (SSSR count). The number of rotatable bonds is 5. The van der Waals surface area contributed by atoms with Gasteiger partial charge in [0.05, 0.1) is 0 Å². The number of hydrogen-bond donors (Lipinski definition) is 1. The van der Waals surface area contributed by atoms with Crippen molar-refractivity contribution in [1.29, 1.82) is 0 Å². The standard InChI is InChI=1S/C17H21ClN2/c1-13-6-4-7-14(10-13)12-20(3)17-9-5-8-16(18)15(17)11-19-2/h4-10,19H,11-12H2,1-3H3. The van der Waals surface area contributed by atoms with E-state index in [1.807, 2.05) is 19.2 Å². The molecular weight excluding hydrogens is 268 g/mol. The summed E-state index contributed by atoms with van der Waals surface area (Å²) >= 11 is 6.31. The Morgan fingerprint density at radius 3 is 2.60 bits per heavy atom. The summed E-state index contributed by atoms with van der Waals surface area (Å²) in [5.74, 6) is 0. The minimum absolute atomic E-state index is 0.771. The fraction of sp³-hybridized carbons (Fsp3) is 0.294. The second-order valence-corrected chi connectivity index (χ2v) is 5.52. The van der Waals surface area contributed by atoms with Crippen LogP contribution in [0.4, 0.5) is 5.69 Å². The summed E-state index contributed by atoms with van der Waals surface area (Å²) in [6.45, 7) is 3.77. The maximum absolute atomic E-state index is 6.31. The van der Waals surface area contributed by atoms with E-state index in [0.29, 0.717) is 0 Å². The van der Waals surface area contributed by atoms with E-state index in [4.69, 9.17) is 11.6 Å². The highest BCUT2D eigenvalue weighted by Gasteiger charge is 2.10. The van der Waals surface area contributed by atoms with Crippen molar-refractivity contribution in [3.8, 4) is 0 Å². The van der Waals surface area contributed by atoms with Crippen LogP contribution in [-0.4, -0.2) is 14.1 Å². The minimum Gasteiger partial charge on any atom is -0.370 e. The van der Waals surface area contributed by atoms with Crippen molar-refractivity contribution in [2.45, 2.75) is 20.0 Å². The largest absolute Gasteiger partial charge is 0.370 e. The number of nitrogens with zero attached hydrogens (tertiary/aromatic N) is 1. The summed E-state index contributed by atoms with van der Waals surface area (Å²) in [6.07, 6.45) is 0. The van der Waals surface area contributed by atoms with Crippen LogP contribution in [0.3, 0.4) is 0 Å². The molecule has 20 heavy (non-hydrogen) atoms. The first kappa shape index (κ1) is 14.9. The second kappa shape index (κ2) is 6.78. The fourth-order valence-corrected chi connectivity index (χ4v) is 2.66. The lowest BCUT2D eigenvalue weighted by Gasteiger charge is -2.23. The van der Waals surface area contributed by atoms with Crippen LogP contribution < -0.4 is 10.2 Å². The Hall–Kier alpha value is -1.51. The molecule has 1 N–H and O–H groups in total. The topological polar surface area (TPSA) is 15.3 Å². The van der Waals surface area contributed by atoms with Crippen LogP contribution in [0.2, 0.25) is 5.02 Å². The van der Waals surface area contributed by atoms with E-state index in [1.165, 1.54) is 16.8 Å². The van der Waals surface area contributed by atoms with Gasteiger partial charge in [0, 0.05) is 36.4 Å². The predicted octanol–water partition coefficient (Wildman–Crippen LogP) is 4.00. The van der Waals surface area contributed by atoms with Crippen LogP contribution in [0.1, 0.15) is 16.7 Å². The van der Waals surface area contributed by atoms with Gasteiger partial charge in [-0.05, 0) is 31.7 Å². The molecule has 2 nitrogen and oxygen atoms in total. The molecule has 0 aromatic heterocycles. The first-order chi connectivity index (χ1) is 9.61. The quantitative estimate of drug-likeness (QED) is 0.894. The number of benzene rings is 2. The van der Waals surface area contributed by atoms with Crippen LogP contribution in [-0.2, 0) is 13.1 Å². The van der Waals surface area contributed by atoms with E-state index in [0.717, 1.165) is 23.7 Å². The number of anilines is 1. The van der Waals surface area contributed by atoms with Gasteiger partial charge in [-0.2, -0.15) is 0 Å². The van der Waals surface area contributed by atoms with Crippen LogP contribution in [0.5, 0.6) is 0 Å². The molecule has 0 heterocycles. The van der Waals surface area contributed by atoms with Crippen molar-refractivity contribution >= 4 is 17.3 Å². The molecule has 0 aliphatic heterocycles. The van der Waals surface area contributed by atoms with E-state index in [9.17, 15) is 0 Å². The van der Waals surface area contributed by atoms with Crippen molar-refractivity contribution in [3.05, 3.63) is 64.2 Å². The third-order valence-corrected chi connectivity index (χ3v) is 3.72. The van der Waals surface area contributed by atoms with Gasteiger partial charge in [0.1, 0.15) is 0 Å². The average molecular weight is 289 g/mol. The van der Waals surface area contributed by atoms with Crippen LogP contribution in [0.25, 0.3) is 0 Å². The third-order valence-electron chi connectivity index (χ3n) is 3.36. The first-order valence-corrected chi connectivity index (χ1v) is 7.18. The molecule has 0 amide bonds. The molecule has 0 atom stereocenters. The molecule has 0 unspecified atom stereocenters. The van der Waals surface area contributed by atoms with Gasteiger partial charge < -0.3 is 10.2 Å². The summed E-state index contributed by atoms with van der Waals surface area (Å²) in [6, 6.07) is 14.7. The molecule has 3 heteroatoms. The molecule has 2 aromatic carbocycles. The Bertz CT molecular complexity index is 581. The van der Waals surface area contributed by atoms with Crippen molar-refractivity contribution in [2.75, 3.05) is 19.0 Å². The molecule has 2 aromatic rings. The lowest BCUT2D eigenvalue weighted by Crippen LogP contribution is -2.20. The molecule has 0 fully saturated rings. The molecule has 0 saturated heterocycles. The highest BCUT2D eigenvalue weighted by Crippen LogP contribution is 2.27. The predicted molar refractivity (Wildman–Crippen MR) is 87.5 cm³/mol. The number of nitrogens with one attached hydrogen (secondary N) is 1. The van der Waals surface area contributed by atoms with Gasteiger partial charge in [0.25, 0.3) is 0 Å². The highest BCUT2D eigenvalue weighted by atomic mass is 35.5. The van der Waals surface area contributed by atoms with E-state index in [2.05, 4.69) is 54.5 Å². The Balaban J connectivity index is 2.25. The van der Waals surface area contributed by atoms with Crippen molar-refractivity contribution < 1.29 is 0 Å². The van der Waals surface area contributed by atoms with Crippen molar-refractivity contribution in [2.24, 2.45) is 0 Å². The van der Waals surface area contributed by atoms with Crippen molar-refractivity contribution in [3.63, 3.8) is 0 Å². The average Bonchev–Trinajstić information content (AvgIpc) is 2.41. The van der Waals surface area contributed by atoms with Crippen LogP contribution in [0.15, 0.2) is 42.5 Å². The Morgan fingerprint density at radius 1 is 1.15 bits per heavy atom. The SMILES string of the molecule is CNCc1c(Cl)cccc1N(C)Cc1cccc(C)c1. The Morgan fingerprint density at radius 2 is 1.90 bits per heavy atom. The van der Waals surface area contributed by atoms with Gasteiger partial charge in [0.2, 0.25) is 0 Å². The lowest BCUT2D eigenvalue weighted by atomic mass is 10.1. The second-order valence-electron chi connectivity index (χ2n) is 5.11. The molecule has 0 saturated carbocycles. The maximum Gasteiger partial charge on any atom is 0.0471 e. The van der Waals surface area contributed by atoms with Crippen LogP contribution in [0, 0.1) is 6.92 Å². The zero-order valence-electron chi connectivity index (χ0n) is 12.3. The van der Waals surface area contributed by atoms with E-state index >= 15 is 0 Å². The molecule has 0 aliphatic carbocycles. The van der Waals surface area contributed by atoms with Gasteiger partial charge in [-0.3, -0.25) is 0 Å². The summed E-state index contributed by atoms with van der Waals surface area (Å²) in [5, 5.41) is 3.99. The molecular formula is C17H21ClN2. The van der Waals surface area contributed by atoms with Gasteiger partial charge in [-0.1, -0.05) is 47.5 Å². The number of aryl methyl sites for hydroxylation is 1. The van der Waals surface area contributed by atoms with Crippen LogP contribution >= 0.6 is 11.6 Å². The van der Waals surface area contributed by atoms with E-state index in [1.54, 1.807) is 0 Å². The molecule has 0 bridgehead atoms. The van der Waals surface area contributed by atoms with Gasteiger partial charge in [-0.25, -0.2) is 0 Å². The minimum atomic E-state index is 0.771. The summed E-state index contributed by atoms with van der Waals surface area (Å²) in [5.41, 5.74) is 4.92. The first-order valence-electron chi connectivity index (χ1n) is 6.80. The molecule has 0 aliphatic rings. The zero-order chi connectivity index (χ0) is 14.5. The molecule has 106 valence electrons. The van der Waals surface area contributed by atoms with E-state index in [-0.39, 0.29) is 0 Å². The highest BCUT2D eigenvalue weighted by molar-refractivity contribution is 6.31. The summed E-state index contributed by atoms with van der Waals surface area (Å²) in [4.78, 5) is 2.24. The summed E-state index contributed by atoms with van der Waals surface area (Å²) < 4.78 is 0. The van der Waals surface area contributed by atoms with Crippen molar-refractivity contribution in [1.82, 2.24) is 5.32 Å². The third kappa shape index (κ3) is 3.53. The Labute approximate surface area is 126 Å². The smallest absolute Gasteiger partial charge is 0.0471 e. The Kier molecular flexibility index (Phi) is 5.05. The zero-order valence-corrected chi connectivity index (χ0v) is 13.0. The maximum atomic E-state index is 6.31. The van der Waals surface area contributed by atoms with Gasteiger partial charge in [0.15, 0.2) is 0 Å². The van der Waals surface area contributed by atoms with Gasteiger partial charge >= 0.3 is 0 Å². The van der Waals surface area contributed by atoms with Gasteiger partial charge in [-0.15, -0.1) is 0 Å². The normalized spacial score (nSPS) is 10.6. The number of hydrogen-bond acceptors (Lipinski definition) is 2. The monoisotopic (exact) mass is 288 g/mol. The lowest BCUT2D eigenvalue weighted by molar-refractivity contribution is 0.805.